The van der Waals surface area contributed by atoms with Gasteiger partial charge in [-0.05, 0) is 32.0 Å². The Morgan fingerprint density at radius 3 is 2.69 bits per heavy atom. The summed E-state index contributed by atoms with van der Waals surface area (Å²) in [5.74, 6) is 0.633. The molecule has 0 unspecified atom stereocenters. The van der Waals surface area contributed by atoms with Crippen molar-refractivity contribution < 1.29 is 4.74 Å². The minimum absolute atomic E-state index is 0.0519. The Labute approximate surface area is 169 Å². The number of rotatable bonds is 6. The number of aromatic nitrogens is 4. The first-order chi connectivity index (χ1) is 14.1. The van der Waals surface area contributed by atoms with Gasteiger partial charge in [0.25, 0.3) is 5.56 Å². The van der Waals surface area contributed by atoms with Crippen LogP contribution in [0.2, 0.25) is 0 Å². The third-order valence-electron chi connectivity index (χ3n) is 5.12. The van der Waals surface area contributed by atoms with Gasteiger partial charge in [0.05, 0.1) is 23.2 Å². The van der Waals surface area contributed by atoms with Crippen LogP contribution in [0.25, 0.3) is 10.9 Å². The number of hydrogen-bond acceptors (Lipinski definition) is 7. The van der Waals surface area contributed by atoms with E-state index in [1.807, 2.05) is 19.9 Å². The fraction of sp³-hybridized carbons (Fsp3) is 0.429. The lowest BCUT2D eigenvalue weighted by molar-refractivity contribution is 0.235. The van der Waals surface area contributed by atoms with Gasteiger partial charge in [-0.25, -0.2) is 9.97 Å². The van der Waals surface area contributed by atoms with Crippen molar-refractivity contribution >= 4 is 16.6 Å². The number of anilines is 1. The molecule has 8 nitrogen and oxygen atoms in total. The lowest BCUT2D eigenvalue weighted by atomic mass is 10.2. The molecule has 3 aromatic rings. The highest BCUT2D eigenvalue weighted by molar-refractivity contribution is 5.86. The maximum atomic E-state index is 11.8. The molecule has 2 aromatic heterocycles. The second-order valence-corrected chi connectivity index (χ2v) is 7.48. The van der Waals surface area contributed by atoms with Crippen LogP contribution in [0.5, 0.6) is 5.88 Å². The molecule has 0 atom stereocenters. The van der Waals surface area contributed by atoms with E-state index in [0.717, 1.165) is 49.3 Å². The van der Waals surface area contributed by atoms with E-state index in [2.05, 4.69) is 36.9 Å². The lowest BCUT2D eigenvalue weighted by Gasteiger charge is -2.36. The molecular formula is C21H26N6O2. The van der Waals surface area contributed by atoms with Gasteiger partial charge >= 0.3 is 0 Å². The van der Waals surface area contributed by atoms with Crippen molar-refractivity contribution in [2.24, 2.45) is 0 Å². The van der Waals surface area contributed by atoms with Crippen LogP contribution in [-0.4, -0.2) is 63.2 Å². The lowest BCUT2D eigenvalue weighted by Crippen LogP contribution is -2.47. The summed E-state index contributed by atoms with van der Waals surface area (Å²) >= 11 is 0. The molecule has 0 N–H and O–H groups in total. The van der Waals surface area contributed by atoms with Gasteiger partial charge < -0.3 is 14.2 Å². The summed E-state index contributed by atoms with van der Waals surface area (Å²) in [4.78, 5) is 29.1. The largest absolute Gasteiger partial charge is 0.474 e. The van der Waals surface area contributed by atoms with Crippen LogP contribution < -0.4 is 15.2 Å². The van der Waals surface area contributed by atoms with E-state index < -0.39 is 0 Å². The Morgan fingerprint density at radius 2 is 1.93 bits per heavy atom. The normalized spacial score (nSPS) is 15.2. The van der Waals surface area contributed by atoms with Crippen LogP contribution in [0.3, 0.4) is 0 Å². The topological polar surface area (TPSA) is 76.4 Å². The second-order valence-electron chi connectivity index (χ2n) is 7.48. The zero-order valence-corrected chi connectivity index (χ0v) is 16.9. The predicted octanol–water partition coefficient (Wildman–Crippen LogP) is 1.80. The van der Waals surface area contributed by atoms with Gasteiger partial charge in [-0.15, -0.1) is 0 Å². The van der Waals surface area contributed by atoms with Gasteiger partial charge in [0.2, 0.25) is 5.88 Å². The van der Waals surface area contributed by atoms with Crippen LogP contribution in [0.15, 0.2) is 47.9 Å². The van der Waals surface area contributed by atoms with Gasteiger partial charge in [0.1, 0.15) is 6.33 Å². The fourth-order valence-corrected chi connectivity index (χ4v) is 3.57. The van der Waals surface area contributed by atoms with Crippen LogP contribution in [0, 0.1) is 0 Å². The number of benzene rings is 1. The first kappa shape index (κ1) is 19.3. The van der Waals surface area contributed by atoms with E-state index in [9.17, 15) is 4.79 Å². The number of nitrogens with zero attached hydrogens (tertiary/aromatic N) is 6. The molecule has 4 rings (SSSR count). The molecule has 0 bridgehead atoms. The highest BCUT2D eigenvalue weighted by Crippen LogP contribution is 2.27. The Kier molecular flexibility index (Phi) is 5.71. The Balaban J connectivity index is 1.41. The van der Waals surface area contributed by atoms with Crippen molar-refractivity contribution in [3.05, 3.63) is 53.5 Å². The molecule has 1 saturated heterocycles. The summed E-state index contributed by atoms with van der Waals surface area (Å²) in [6.45, 7) is 9.32. The fourth-order valence-electron chi connectivity index (χ4n) is 3.57. The molecule has 0 radical (unpaired) electrons. The maximum Gasteiger partial charge on any atom is 0.269 e. The summed E-state index contributed by atoms with van der Waals surface area (Å²) in [7, 11) is 0. The van der Waals surface area contributed by atoms with E-state index in [1.54, 1.807) is 23.3 Å². The molecule has 1 aromatic carbocycles. The van der Waals surface area contributed by atoms with Gasteiger partial charge in [-0.1, -0.05) is 0 Å². The van der Waals surface area contributed by atoms with Gasteiger partial charge in [0.15, 0.2) is 0 Å². The van der Waals surface area contributed by atoms with Crippen molar-refractivity contribution in [2.75, 3.05) is 37.6 Å². The Bertz CT molecular complexity index is 1030. The van der Waals surface area contributed by atoms with Gasteiger partial charge in [-0.3, -0.25) is 14.7 Å². The average Bonchev–Trinajstić information content (AvgIpc) is 2.73. The van der Waals surface area contributed by atoms with E-state index in [0.29, 0.717) is 12.4 Å². The molecular weight excluding hydrogens is 368 g/mol. The van der Waals surface area contributed by atoms with E-state index in [-0.39, 0.29) is 11.7 Å². The van der Waals surface area contributed by atoms with Crippen molar-refractivity contribution in [3.63, 3.8) is 0 Å². The Hall–Kier alpha value is -3.00. The molecule has 1 fully saturated rings. The Morgan fingerprint density at radius 1 is 1.10 bits per heavy atom. The molecule has 152 valence electrons. The summed E-state index contributed by atoms with van der Waals surface area (Å²) < 4.78 is 7.57. The SMILES string of the molecule is CC(C)Oc1ncnc2ccc(N3CCN(CCn4ccncc4=O)CC3)cc12. The molecule has 0 amide bonds. The van der Waals surface area contributed by atoms with E-state index in [1.165, 1.54) is 6.20 Å². The van der Waals surface area contributed by atoms with Crippen LogP contribution in [0.1, 0.15) is 13.8 Å². The van der Waals surface area contributed by atoms with Crippen LogP contribution in [-0.2, 0) is 6.54 Å². The third-order valence-corrected chi connectivity index (χ3v) is 5.12. The summed E-state index contributed by atoms with van der Waals surface area (Å²) in [5.41, 5.74) is 2.00. The van der Waals surface area contributed by atoms with Gasteiger partial charge in [-0.2, -0.15) is 0 Å². The third kappa shape index (κ3) is 4.54. The number of fused-ring (bicyclic) bond motifs is 1. The molecule has 29 heavy (non-hydrogen) atoms. The maximum absolute atomic E-state index is 11.8. The van der Waals surface area contributed by atoms with Crippen LogP contribution >= 0.6 is 0 Å². The van der Waals surface area contributed by atoms with Crippen molar-refractivity contribution in [1.82, 2.24) is 24.4 Å². The zero-order chi connectivity index (χ0) is 20.2. The summed E-state index contributed by atoms with van der Waals surface area (Å²) in [6, 6.07) is 6.27. The average molecular weight is 394 g/mol. The van der Waals surface area contributed by atoms with Crippen molar-refractivity contribution in [2.45, 2.75) is 26.5 Å². The van der Waals surface area contributed by atoms with E-state index >= 15 is 0 Å². The number of hydrogen-bond donors (Lipinski definition) is 0. The standard InChI is InChI=1S/C21H26N6O2/c1-16(2)29-21-18-13-17(3-4-19(18)23-15-24-21)26-10-7-25(8-11-26)9-12-27-6-5-22-14-20(27)28/h3-6,13-16H,7-12H2,1-2H3. The zero-order valence-electron chi connectivity index (χ0n) is 16.9. The molecule has 0 spiro atoms. The summed E-state index contributed by atoms with van der Waals surface area (Å²) in [6.07, 6.45) is 6.37. The highest BCUT2D eigenvalue weighted by Gasteiger charge is 2.18. The number of piperazine rings is 1. The quantitative estimate of drug-likeness (QED) is 0.631. The van der Waals surface area contributed by atoms with Crippen molar-refractivity contribution in [3.8, 4) is 5.88 Å². The first-order valence-corrected chi connectivity index (χ1v) is 9.99. The molecule has 1 aliphatic heterocycles. The molecule has 0 aliphatic carbocycles. The molecule has 8 heteroatoms. The smallest absolute Gasteiger partial charge is 0.269 e. The van der Waals surface area contributed by atoms with Crippen molar-refractivity contribution in [1.29, 1.82) is 0 Å². The molecule has 1 aliphatic rings. The minimum atomic E-state index is -0.0519. The van der Waals surface area contributed by atoms with Gasteiger partial charge in [0, 0.05) is 57.3 Å². The van der Waals surface area contributed by atoms with E-state index in [4.69, 9.17) is 4.74 Å². The van der Waals surface area contributed by atoms with Crippen LogP contribution in [0.4, 0.5) is 5.69 Å². The molecule has 3 heterocycles. The summed E-state index contributed by atoms with van der Waals surface area (Å²) in [5, 5.41) is 0.943. The first-order valence-electron chi connectivity index (χ1n) is 9.99. The molecule has 0 saturated carbocycles. The highest BCUT2D eigenvalue weighted by atomic mass is 16.5. The monoisotopic (exact) mass is 394 g/mol. The number of ether oxygens (including phenoxy) is 1. The minimum Gasteiger partial charge on any atom is -0.474 e. The second kappa shape index (κ2) is 8.57. The predicted molar refractivity (Wildman–Crippen MR) is 112 cm³/mol.